The van der Waals surface area contributed by atoms with Crippen LogP contribution in [0.3, 0.4) is 0 Å². The summed E-state index contributed by atoms with van der Waals surface area (Å²) in [6.07, 6.45) is 3.82. The van der Waals surface area contributed by atoms with Crippen LogP contribution in [0.5, 0.6) is 0 Å². The van der Waals surface area contributed by atoms with Crippen LogP contribution in [0.1, 0.15) is 19.5 Å². The summed E-state index contributed by atoms with van der Waals surface area (Å²) in [4.78, 5) is 16.0. The summed E-state index contributed by atoms with van der Waals surface area (Å²) in [5, 5.41) is 0. The average Bonchev–Trinajstić information content (AvgIpc) is 2.62. The van der Waals surface area contributed by atoms with Gasteiger partial charge in [-0.05, 0) is 32.2 Å². The van der Waals surface area contributed by atoms with Crippen LogP contribution < -0.4 is 10.6 Å². The number of anilines is 2. The van der Waals surface area contributed by atoms with Gasteiger partial charge in [-0.1, -0.05) is 0 Å². The molecule has 1 aliphatic heterocycles. The van der Waals surface area contributed by atoms with Gasteiger partial charge in [0, 0.05) is 30.9 Å². The van der Waals surface area contributed by atoms with Gasteiger partial charge in [0.2, 0.25) is 0 Å². The highest BCUT2D eigenvalue weighted by molar-refractivity contribution is 7.99. The SMILES string of the molecule is CSC(C)(C)c1cc(N2CCOCC2)nc(-c2ccc(N)nc2)n1. The number of rotatable bonds is 4. The van der Waals surface area contributed by atoms with Crippen molar-refractivity contribution in [1.29, 1.82) is 0 Å². The molecule has 7 heteroatoms. The number of nitrogens with two attached hydrogens (primary N) is 1. The Morgan fingerprint density at radius 2 is 1.96 bits per heavy atom. The van der Waals surface area contributed by atoms with E-state index in [1.54, 1.807) is 24.0 Å². The zero-order chi connectivity index (χ0) is 17.2. The van der Waals surface area contributed by atoms with Crippen LogP contribution in [0.2, 0.25) is 0 Å². The molecule has 1 saturated heterocycles. The number of thioether (sulfide) groups is 1. The lowest BCUT2D eigenvalue weighted by atomic mass is 10.1. The Morgan fingerprint density at radius 3 is 2.58 bits per heavy atom. The Morgan fingerprint density at radius 1 is 1.21 bits per heavy atom. The Balaban J connectivity index is 2.06. The number of morpholine rings is 1. The van der Waals surface area contributed by atoms with Gasteiger partial charge in [0.15, 0.2) is 5.82 Å². The van der Waals surface area contributed by atoms with Crippen molar-refractivity contribution in [2.75, 3.05) is 43.2 Å². The maximum Gasteiger partial charge on any atom is 0.163 e. The molecule has 3 rings (SSSR count). The van der Waals surface area contributed by atoms with Crippen molar-refractivity contribution < 1.29 is 4.74 Å². The van der Waals surface area contributed by atoms with E-state index in [2.05, 4.69) is 36.1 Å². The fraction of sp³-hybridized carbons (Fsp3) is 0.471. The Labute approximate surface area is 146 Å². The van der Waals surface area contributed by atoms with Crippen LogP contribution in [-0.4, -0.2) is 47.5 Å². The second-order valence-electron chi connectivity index (χ2n) is 6.22. The molecule has 0 bridgehead atoms. The van der Waals surface area contributed by atoms with Crippen LogP contribution in [0.15, 0.2) is 24.4 Å². The van der Waals surface area contributed by atoms with E-state index in [9.17, 15) is 0 Å². The molecule has 3 heterocycles. The van der Waals surface area contributed by atoms with Crippen molar-refractivity contribution in [3.05, 3.63) is 30.1 Å². The highest BCUT2D eigenvalue weighted by Crippen LogP contribution is 2.35. The summed E-state index contributed by atoms with van der Waals surface area (Å²) < 4.78 is 5.36. The highest BCUT2D eigenvalue weighted by Gasteiger charge is 2.24. The second-order valence-corrected chi connectivity index (χ2v) is 7.65. The van der Waals surface area contributed by atoms with Gasteiger partial charge in [0.1, 0.15) is 11.6 Å². The molecule has 0 unspecified atom stereocenters. The second kappa shape index (κ2) is 6.94. The minimum atomic E-state index is -0.0973. The van der Waals surface area contributed by atoms with E-state index in [0.717, 1.165) is 43.4 Å². The molecule has 6 nitrogen and oxygen atoms in total. The number of nitrogens with zero attached hydrogens (tertiary/aromatic N) is 4. The maximum atomic E-state index is 5.69. The van der Waals surface area contributed by atoms with E-state index < -0.39 is 0 Å². The number of nitrogen functional groups attached to an aromatic ring is 1. The fourth-order valence-electron chi connectivity index (χ4n) is 2.47. The molecule has 0 amide bonds. The molecule has 0 saturated carbocycles. The number of hydrogen-bond donors (Lipinski definition) is 1. The predicted octanol–water partition coefficient (Wildman–Crippen LogP) is 2.56. The first-order valence-electron chi connectivity index (χ1n) is 7.99. The normalized spacial score (nSPS) is 15.5. The molecule has 0 aliphatic carbocycles. The van der Waals surface area contributed by atoms with Gasteiger partial charge in [-0.2, -0.15) is 11.8 Å². The summed E-state index contributed by atoms with van der Waals surface area (Å²) >= 11 is 1.77. The summed E-state index contributed by atoms with van der Waals surface area (Å²) in [7, 11) is 0. The maximum absolute atomic E-state index is 5.69. The molecular weight excluding hydrogens is 322 g/mol. The van der Waals surface area contributed by atoms with Gasteiger partial charge in [0.25, 0.3) is 0 Å². The van der Waals surface area contributed by atoms with E-state index in [0.29, 0.717) is 11.6 Å². The lowest BCUT2D eigenvalue weighted by Crippen LogP contribution is -2.37. The molecule has 0 spiro atoms. The molecular formula is C17H23N5OS. The summed E-state index contributed by atoms with van der Waals surface area (Å²) in [5.74, 6) is 2.12. The zero-order valence-electron chi connectivity index (χ0n) is 14.3. The molecule has 1 aliphatic rings. The molecule has 2 aromatic heterocycles. The van der Waals surface area contributed by atoms with Gasteiger partial charge in [-0.15, -0.1) is 0 Å². The number of hydrogen-bond acceptors (Lipinski definition) is 7. The van der Waals surface area contributed by atoms with Crippen molar-refractivity contribution in [3.63, 3.8) is 0 Å². The van der Waals surface area contributed by atoms with Gasteiger partial charge >= 0.3 is 0 Å². The fourth-order valence-corrected chi connectivity index (χ4v) is 2.78. The number of ether oxygens (including phenoxy) is 1. The first-order valence-corrected chi connectivity index (χ1v) is 9.21. The van der Waals surface area contributed by atoms with Gasteiger partial charge in [-0.3, -0.25) is 0 Å². The van der Waals surface area contributed by atoms with E-state index in [1.165, 1.54) is 0 Å². The summed E-state index contributed by atoms with van der Waals surface area (Å²) in [5.41, 5.74) is 7.58. The van der Waals surface area contributed by atoms with Gasteiger partial charge < -0.3 is 15.4 Å². The minimum Gasteiger partial charge on any atom is -0.384 e. The molecule has 24 heavy (non-hydrogen) atoms. The molecule has 0 atom stereocenters. The van der Waals surface area contributed by atoms with Crippen molar-refractivity contribution in [3.8, 4) is 11.4 Å². The Hall–Kier alpha value is -1.86. The third kappa shape index (κ3) is 3.62. The minimum absolute atomic E-state index is 0.0973. The van der Waals surface area contributed by atoms with E-state index >= 15 is 0 Å². The third-order valence-corrected chi connectivity index (χ3v) is 5.45. The van der Waals surface area contributed by atoms with Crippen molar-refractivity contribution in [2.45, 2.75) is 18.6 Å². The van der Waals surface area contributed by atoms with E-state index in [1.807, 2.05) is 6.07 Å². The molecule has 2 aromatic rings. The third-order valence-electron chi connectivity index (χ3n) is 4.22. The molecule has 0 aromatic carbocycles. The Kier molecular flexibility index (Phi) is 4.91. The first-order chi connectivity index (χ1) is 11.5. The number of aromatic nitrogens is 3. The smallest absolute Gasteiger partial charge is 0.163 e. The van der Waals surface area contributed by atoms with Crippen LogP contribution in [-0.2, 0) is 9.48 Å². The molecule has 128 valence electrons. The summed E-state index contributed by atoms with van der Waals surface area (Å²) in [6, 6.07) is 5.78. The van der Waals surface area contributed by atoms with Crippen LogP contribution in [0.4, 0.5) is 11.6 Å². The highest BCUT2D eigenvalue weighted by atomic mass is 32.2. The van der Waals surface area contributed by atoms with E-state index in [-0.39, 0.29) is 4.75 Å². The molecule has 2 N–H and O–H groups in total. The van der Waals surface area contributed by atoms with Gasteiger partial charge in [-0.25, -0.2) is 15.0 Å². The monoisotopic (exact) mass is 345 g/mol. The zero-order valence-corrected chi connectivity index (χ0v) is 15.1. The Bertz CT molecular complexity index is 699. The predicted molar refractivity (Wildman–Crippen MR) is 99.2 cm³/mol. The largest absolute Gasteiger partial charge is 0.384 e. The molecule has 1 fully saturated rings. The topological polar surface area (TPSA) is 77.2 Å². The average molecular weight is 345 g/mol. The van der Waals surface area contributed by atoms with Gasteiger partial charge in [0.05, 0.1) is 23.7 Å². The van der Waals surface area contributed by atoms with Crippen molar-refractivity contribution in [1.82, 2.24) is 15.0 Å². The number of pyridine rings is 1. The van der Waals surface area contributed by atoms with Crippen LogP contribution in [0, 0.1) is 0 Å². The quantitative estimate of drug-likeness (QED) is 0.912. The van der Waals surface area contributed by atoms with Crippen molar-refractivity contribution in [2.24, 2.45) is 0 Å². The first kappa shape index (κ1) is 17.0. The van der Waals surface area contributed by atoms with Crippen LogP contribution >= 0.6 is 11.8 Å². The van der Waals surface area contributed by atoms with Crippen LogP contribution in [0.25, 0.3) is 11.4 Å². The van der Waals surface area contributed by atoms with E-state index in [4.69, 9.17) is 20.4 Å². The molecule has 0 radical (unpaired) electrons. The van der Waals surface area contributed by atoms with Crippen molar-refractivity contribution >= 4 is 23.4 Å². The lowest BCUT2D eigenvalue weighted by molar-refractivity contribution is 0.122. The summed E-state index contributed by atoms with van der Waals surface area (Å²) in [6.45, 7) is 7.49. The standard InChI is InChI=1S/C17H23N5OS/c1-17(2,24-3)13-10-15(22-6-8-23-9-7-22)21-16(20-13)12-4-5-14(18)19-11-12/h4-5,10-11H,6-9H2,1-3H3,(H2,18,19). The lowest BCUT2D eigenvalue weighted by Gasteiger charge is -2.30.